The summed E-state index contributed by atoms with van der Waals surface area (Å²) in [5.74, 6) is -1.54. The van der Waals surface area contributed by atoms with Crippen molar-refractivity contribution >= 4 is 22.7 Å². The van der Waals surface area contributed by atoms with E-state index in [4.69, 9.17) is 11.5 Å². The average molecular weight is 387 g/mol. The van der Waals surface area contributed by atoms with E-state index in [-0.39, 0.29) is 23.1 Å². The first-order valence-electron chi connectivity index (χ1n) is 8.12. The summed E-state index contributed by atoms with van der Waals surface area (Å²) in [4.78, 5) is 3.63. The van der Waals surface area contributed by atoms with E-state index in [1.807, 2.05) is 12.1 Å². The van der Waals surface area contributed by atoms with Gasteiger partial charge in [-0.25, -0.2) is 4.39 Å². The first-order chi connectivity index (χ1) is 13.2. The first kappa shape index (κ1) is 17.8. The van der Waals surface area contributed by atoms with Crippen LogP contribution in [0.2, 0.25) is 0 Å². The standard InChI is InChI=1S/C19H13F4N5/c20-15-9-13(28-18(25)26-17(24)27-28)8-14(19(21,22)23)16(15)12-6-5-10-3-1-2-4-11(10)7-12/h1-9H,(H4,24,25,26,27). The first-order valence-corrected chi connectivity index (χ1v) is 8.12. The number of aromatic nitrogens is 3. The predicted octanol–water partition coefficient (Wildman–Crippen LogP) is 4.41. The van der Waals surface area contributed by atoms with Crippen LogP contribution in [0.3, 0.4) is 0 Å². The minimum absolute atomic E-state index is 0.112. The maximum absolute atomic E-state index is 14.9. The summed E-state index contributed by atoms with van der Waals surface area (Å²) in [5, 5.41) is 5.25. The van der Waals surface area contributed by atoms with Crippen molar-refractivity contribution < 1.29 is 17.6 Å². The maximum Gasteiger partial charge on any atom is 0.417 e. The molecule has 0 saturated heterocycles. The van der Waals surface area contributed by atoms with E-state index in [2.05, 4.69) is 10.1 Å². The van der Waals surface area contributed by atoms with Crippen LogP contribution < -0.4 is 11.5 Å². The lowest BCUT2D eigenvalue weighted by atomic mass is 9.95. The smallest absolute Gasteiger partial charge is 0.368 e. The van der Waals surface area contributed by atoms with Gasteiger partial charge in [-0.2, -0.15) is 22.8 Å². The highest BCUT2D eigenvalue weighted by molar-refractivity contribution is 5.88. The number of nitrogen functional groups attached to an aromatic ring is 2. The molecule has 0 atom stereocenters. The maximum atomic E-state index is 14.9. The van der Waals surface area contributed by atoms with E-state index in [1.165, 1.54) is 12.1 Å². The second-order valence-corrected chi connectivity index (χ2v) is 6.15. The lowest BCUT2D eigenvalue weighted by molar-refractivity contribution is -0.137. The number of hydrogen-bond acceptors (Lipinski definition) is 4. The van der Waals surface area contributed by atoms with Crippen molar-refractivity contribution in [3.63, 3.8) is 0 Å². The van der Waals surface area contributed by atoms with Gasteiger partial charge in [0.2, 0.25) is 11.9 Å². The fraction of sp³-hybridized carbons (Fsp3) is 0.0526. The van der Waals surface area contributed by atoms with Crippen molar-refractivity contribution in [2.75, 3.05) is 11.5 Å². The SMILES string of the molecule is Nc1nc(N)n(-c2cc(F)c(-c3ccc4ccccc4c3)c(C(F)(F)F)c2)n1. The van der Waals surface area contributed by atoms with Crippen molar-refractivity contribution in [3.8, 4) is 16.8 Å². The number of nitrogens with zero attached hydrogens (tertiary/aromatic N) is 3. The second-order valence-electron chi connectivity index (χ2n) is 6.15. The number of fused-ring (bicyclic) bond motifs is 1. The largest absolute Gasteiger partial charge is 0.417 e. The van der Waals surface area contributed by atoms with Gasteiger partial charge in [0.1, 0.15) is 5.82 Å². The molecule has 4 aromatic rings. The summed E-state index contributed by atoms with van der Waals surface area (Å²) in [6.07, 6.45) is -4.81. The Hall–Kier alpha value is -3.62. The molecule has 9 heteroatoms. The predicted molar refractivity (Wildman–Crippen MR) is 98.1 cm³/mol. The molecule has 0 spiro atoms. The van der Waals surface area contributed by atoms with Crippen molar-refractivity contribution in [2.24, 2.45) is 0 Å². The Labute approximate surface area is 156 Å². The molecule has 0 aliphatic rings. The third-order valence-electron chi connectivity index (χ3n) is 4.31. The van der Waals surface area contributed by atoms with Gasteiger partial charge in [-0.15, -0.1) is 5.10 Å². The Morgan fingerprint density at radius 1 is 0.893 bits per heavy atom. The van der Waals surface area contributed by atoms with Crippen LogP contribution in [0.15, 0.2) is 54.6 Å². The van der Waals surface area contributed by atoms with Crippen LogP contribution in [-0.2, 0) is 6.18 Å². The molecule has 5 nitrogen and oxygen atoms in total. The van der Waals surface area contributed by atoms with Gasteiger partial charge in [-0.1, -0.05) is 36.4 Å². The summed E-state index contributed by atoms with van der Waals surface area (Å²) in [6, 6.07) is 13.5. The molecule has 1 aromatic heterocycles. The van der Waals surface area contributed by atoms with Crippen LogP contribution >= 0.6 is 0 Å². The molecule has 0 bridgehead atoms. The average Bonchev–Trinajstić information content (AvgIpc) is 2.98. The topological polar surface area (TPSA) is 82.7 Å². The van der Waals surface area contributed by atoms with Gasteiger partial charge in [0.25, 0.3) is 0 Å². The molecule has 0 fully saturated rings. The third kappa shape index (κ3) is 3.00. The lowest BCUT2D eigenvalue weighted by Crippen LogP contribution is -2.12. The molecule has 0 unspecified atom stereocenters. The van der Waals surface area contributed by atoms with E-state index < -0.39 is 23.1 Å². The summed E-state index contributed by atoms with van der Waals surface area (Å²) < 4.78 is 57.1. The number of halogens is 4. The zero-order valence-corrected chi connectivity index (χ0v) is 14.2. The van der Waals surface area contributed by atoms with Gasteiger partial charge in [-0.05, 0) is 28.5 Å². The van der Waals surface area contributed by atoms with Crippen LogP contribution in [0, 0.1) is 5.82 Å². The molecule has 0 aliphatic carbocycles. The van der Waals surface area contributed by atoms with Gasteiger partial charge < -0.3 is 11.5 Å². The summed E-state index contributed by atoms with van der Waals surface area (Å²) in [7, 11) is 0. The zero-order valence-electron chi connectivity index (χ0n) is 14.2. The summed E-state index contributed by atoms with van der Waals surface area (Å²) in [5.41, 5.74) is 9.20. The van der Waals surface area contributed by atoms with Crippen LogP contribution in [0.4, 0.5) is 29.5 Å². The molecule has 4 N–H and O–H groups in total. The Bertz CT molecular complexity index is 1200. The molecule has 0 aliphatic heterocycles. The van der Waals surface area contributed by atoms with Crippen LogP contribution in [-0.4, -0.2) is 14.8 Å². The number of nitrogens with two attached hydrogens (primary N) is 2. The van der Waals surface area contributed by atoms with E-state index in [9.17, 15) is 17.6 Å². The second kappa shape index (κ2) is 6.22. The van der Waals surface area contributed by atoms with E-state index in [0.717, 1.165) is 22.2 Å². The van der Waals surface area contributed by atoms with Crippen molar-refractivity contribution in [3.05, 3.63) is 66.0 Å². The zero-order chi connectivity index (χ0) is 20.1. The fourth-order valence-electron chi connectivity index (χ4n) is 3.11. The number of anilines is 2. The quantitative estimate of drug-likeness (QED) is 0.499. The lowest BCUT2D eigenvalue weighted by Gasteiger charge is -2.16. The summed E-state index contributed by atoms with van der Waals surface area (Å²) >= 11 is 0. The fourth-order valence-corrected chi connectivity index (χ4v) is 3.11. The Kier molecular flexibility index (Phi) is 3.95. The van der Waals surface area contributed by atoms with Crippen molar-refractivity contribution in [2.45, 2.75) is 6.18 Å². The number of hydrogen-bond donors (Lipinski definition) is 2. The molecule has 0 saturated carbocycles. The highest BCUT2D eigenvalue weighted by Crippen LogP contribution is 2.40. The Morgan fingerprint density at radius 2 is 1.61 bits per heavy atom. The Balaban J connectivity index is 1.97. The van der Waals surface area contributed by atoms with E-state index in [1.54, 1.807) is 18.2 Å². The number of alkyl halides is 3. The molecule has 4 rings (SSSR count). The molecule has 0 radical (unpaired) electrons. The minimum atomic E-state index is -4.81. The molecule has 3 aromatic carbocycles. The van der Waals surface area contributed by atoms with Gasteiger partial charge in [0.05, 0.1) is 11.3 Å². The highest BCUT2D eigenvalue weighted by atomic mass is 19.4. The normalized spacial score (nSPS) is 11.9. The van der Waals surface area contributed by atoms with Gasteiger partial charge in [-0.3, -0.25) is 0 Å². The van der Waals surface area contributed by atoms with Crippen molar-refractivity contribution in [1.82, 2.24) is 14.8 Å². The van der Waals surface area contributed by atoms with E-state index >= 15 is 0 Å². The molecule has 28 heavy (non-hydrogen) atoms. The third-order valence-corrected chi connectivity index (χ3v) is 4.31. The molecule has 0 amide bonds. The molecule has 1 heterocycles. The summed E-state index contributed by atoms with van der Waals surface area (Å²) in [6.45, 7) is 0. The number of benzene rings is 3. The van der Waals surface area contributed by atoms with E-state index in [0.29, 0.717) is 5.39 Å². The Morgan fingerprint density at radius 3 is 2.25 bits per heavy atom. The van der Waals surface area contributed by atoms with Crippen LogP contribution in [0.25, 0.3) is 27.6 Å². The van der Waals surface area contributed by atoms with Gasteiger partial charge in [0, 0.05) is 11.6 Å². The molecular formula is C19H13F4N5. The van der Waals surface area contributed by atoms with Gasteiger partial charge >= 0.3 is 6.18 Å². The minimum Gasteiger partial charge on any atom is -0.368 e. The monoisotopic (exact) mass is 387 g/mol. The highest BCUT2D eigenvalue weighted by Gasteiger charge is 2.36. The molecular weight excluding hydrogens is 374 g/mol. The van der Waals surface area contributed by atoms with Gasteiger partial charge in [0.15, 0.2) is 0 Å². The molecule has 142 valence electrons. The van der Waals surface area contributed by atoms with Crippen LogP contribution in [0.5, 0.6) is 0 Å². The number of rotatable bonds is 2. The van der Waals surface area contributed by atoms with Crippen molar-refractivity contribution in [1.29, 1.82) is 0 Å². The van der Waals surface area contributed by atoms with Crippen LogP contribution in [0.1, 0.15) is 5.56 Å².